The van der Waals surface area contributed by atoms with E-state index < -0.39 is 12.1 Å². The number of urea groups is 2. The summed E-state index contributed by atoms with van der Waals surface area (Å²) in [6, 6.07) is -1.87. The van der Waals surface area contributed by atoms with Gasteiger partial charge in [-0.15, -0.1) is 0 Å². The van der Waals surface area contributed by atoms with Crippen LogP contribution in [0.3, 0.4) is 0 Å². The Labute approximate surface area is 84.1 Å². The highest BCUT2D eigenvalue weighted by Gasteiger charge is 2.20. The molecule has 0 bridgehead atoms. The number of rotatable bonds is 2. The SMILES string of the molecule is NC(=O)N(N)c1cocc1N(N)C(N)=O. The van der Waals surface area contributed by atoms with Crippen LogP contribution in [0.1, 0.15) is 0 Å². The van der Waals surface area contributed by atoms with Gasteiger partial charge in [-0.2, -0.15) is 0 Å². The van der Waals surface area contributed by atoms with Gasteiger partial charge in [-0.3, -0.25) is 0 Å². The van der Waals surface area contributed by atoms with Crippen LogP contribution in [0.15, 0.2) is 16.9 Å². The molecular weight excluding hydrogens is 204 g/mol. The summed E-state index contributed by atoms with van der Waals surface area (Å²) >= 11 is 0. The van der Waals surface area contributed by atoms with Gasteiger partial charge in [0.25, 0.3) is 0 Å². The molecule has 15 heavy (non-hydrogen) atoms. The molecule has 0 radical (unpaired) electrons. The fraction of sp³-hybridized carbons (Fsp3) is 0. The molecule has 0 unspecified atom stereocenters. The molecule has 0 aromatic carbocycles. The Morgan fingerprint density at radius 2 is 1.33 bits per heavy atom. The van der Waals surface area contributed by atoms with E-state index in [4.69, 9.17) is 27.6 Å². The average molecular weight is 214 g/mol. The Kier molecular flexibility index (Phi) is 2.78. The first-order valence-corrected chi connectivity index (χ1v) is 3.70. The number of anilines is 2. The Morgan fingerprint density at radius 3 is 1.60 bits per heavy atom. The second-order valence-corrected chi connectivity index (χ2v) is 2.56. The summed E-state index contributed by atoms with van der Waals surface area (Å²) in [4.78, 5) is 21.5. The summed E-state index contributed by atoms with van der Waals surface area (Å²) in [5.74, 6) is 10.6. The minimum atomic E-state index is -0.935. The summed E-state index contributed by atoms with van der Waals surface area (Å²) in [5.41, 5.74) is 9.90. The molecule has 1 aromatic rings. The Hall–Kier alpha value is -2.26. The lowest BCUT2D eigenvalue weighted by Crippen LogP contribution is -2.45. The molecule has 4 amide bonds. The van der Waals surface area contributed by atoms with Gasteiger partial charge < -0.3 is 15.9 Å². The number of carbonyl (C=O) groups is 2. The van der Waals surface area contributed by atoms with E-state index in [1.165, 1.54) is 0 Å². The highest BCUT2D eigenvalue weighted by molar-refractivity contribution is 5.98. The van der Waals surface area contributed by atoms with E-state index in [1.54, 1.807) is 0 Å². The minimum absolute atomic E-state index is 0.0313. The molecule has 1 rings (SSSR count). The van der Waals surface area contributed by atoms with Crippen LogP contribution < -0.4 is 33.2 Å². The molecule has 0 aliphatic carbocycles. The van der Waals surface area contributed by atoms with Crippen molar-refractivity contribution in [2.75, 3.05) is 10.0 Å². The molecule has 82 valence electrons. The minimum Gasteiger partial charge on any atom is -0.468 e. The van der Waals surface area contributed by atoms with Gasteiger partial charge in [0.2, 0.25) is 0 Å². The van der Waals surface area contributed by atoms with E-state index in [-0.39, 0.29) is 11.4 Å². The maximum absolute atomic E-state index is 10.7. The van der Waals surface area contributed by atoms with Crippen molar-refractivity contribution in [1.29, 1.82) is 0 Å². The molecule has 0 spiro atoms. The summed E-state index contributed by atoms with van der Waals surface area (Å²) in [6.07, 6.45) is 2.20. The van der Waals surface area contributed by atoms with Crippen LogP contribution in [0.5, 0.6) is 0 Å². The molecule has 0 aliphatic rings. The lowest BCUT2D eigenvalue weighted by molar-refractivity contribution is 0.252. The lowest BCUT2D eigenvalue weighted by atomic mass is 10.4. The summed E-state index contributed by atoms with van der Waals surface area (Å²) in [7, 11) is 0. The predicted molar refractivity (Wildman–Crippen MR) is 51.2 cm³/mol. The molecule has 9 heteroatoms. The van der Waals surface area contributed by atoms with Crippen LogP contribution in [-0.2, 0) is 0 Å². The van der Waals surface area contributed by atoms with E-state index in [9.17, 15) is 9.59 Å². The molecule has 8 N–H and O–H groups in total. The third kappa shape index (κ3) is 1.98. The second-order valence-electron chi connectivity index (χ2n) is 2.56. The standard InChI is InChI=1S/C6H10N6O3/c7-5(13)11(9)3-1-15-2-4(3)12(10)6(8)14/h1-2H,9-10H2,(H2,7,13)(H2,8,14). The lowest BCUT2D eigenvalue weighted by Gasteiger charge is -2.17. The first-order chi connectivity index (χ1) is 6.95. The van der Waals surface area contributed by atoms with Gasteiger partial charge in [-0.25, -0.2) is 31.3 Å². The molecule has 1 aromatic heterocycles. The molecule has 0 saturated carbocycles. The smallest absolute Gasteiger partial charge is 0.333 e. The number of primary amides is 2. The first-order valence-electron chi connectivity index (χ1n) is 3.70. The highest BCUT2D eigenvalue weighted by Crippen LogP contribution is 2.27. The monoisotopic (exact) mass is 214 g/mol. The van der Waals surface area contributed by atoms with Crippen molar-refractivity contribution in [3.8, 4) is 0 Å². The predicted octanol–water partition coefficient (Wildman–Crippen LogP) is -1.20. The van der Waals surface area contributed by atoms with Crippen molar-refractivity contribution in [2.45, 2.75) is 0 Å². The van der Waals surface area contributed by atoms with Crippen molar-refractivity contribution in [2.24, 2.45) is 23.2 Å². The molecule has 0 fully saturated rings. The highest BCUT2D eigenvalue weighted by atomic mass is 16.3. The van der Waals surface area contributed by atoms with Gasteiger partial charge in [-0.1, -0.05) is 0 Å². The number of hydrogen-bond acceptors (Lipinski definition) is 5. The molecule has 0 saturated heterocycles. The number of furan rings is 1. The van der Waals surface area contributed by atoms with E-state index in [0.717, 1.165) is 12.5 Å². The van der Waals surface area contributed by atoms with Crippen molar-refractivity contribution in [3.05, 3.63) is 12.5 Å². The van der Waals surface area contributed by atoms with Gasteiger partial charge in [0.15, 0.2) is 0 Å². The van der Waals surface area contributed by atoms with E-state index in [0.29, 0.717) is 10.0 Å². The Balaban J connectivity index is 3.06. The van der Waals surface area contributed by atoms with Crippen molar-refractivity contribution < 1.29 is 14.0 Å². The fourth-order valence-electron chi connectivity index (χ4n) is 0.881. The summed E-state index contributed by atoms with van der Waals surface area (Å²) < 4.78 is 4.73. The van der Waals surface area contributed by atoms with Gasteiger partial charge in [0, 0.05) is 0 Å². The Morgan fingerprint density at radius 1 is 1.00 bits per heavy atom. The molecular formula is C6H10N6O3. The average Bonchev–Trinajstić information content (AvgIpc) is 2.63. The van der Waals surface area contributed by atoms with Crippen LogP contribution in [0.25, 0.3) is 0 Å². The van der Waals surface area contributed by atoms with Gasteiger partial charge in [0.05, 0.1) is 0 Å². The first kappa shape index (κ1) is 10.8. The quantitative estimate of drug-likeness (QED) is 0.276. The van der Waals surface area contributed by atoms with Crippen molar-refractivity contribution >= 4 is 23.4 Å². The second kappa shape index (κ2) is 3.86. The van der Waals surface area contributed by atoms with E-state index in [2.05, 4.69) is 0 Å². The number of carbonyl (C=O) groups excluding carboxylic acids is 2. The van der Waals surface area contributed by atoms with Crippen LogP contribution in [0.2, 0.25) is 0 Å². The molecule has 0 aliphatic heterocycles. The topological polar surface area (TPSA) is 158 Å². The maximum Gasteiger partial charge on any atom is 0.333 e. The van der Waals surface area contributed by atoms with Crippen molar-refractivity contribution in [3.63, 3.8) is 0 Å². The normalized spacial score (nSPS) is 9.73. The zero-order valence-electron chi connectivity index (χ0n) is 7.58. The van der Waals surface area contributed by atoms with Gasteiger partial charge >= 0.3 is 12.1 Å². The summed E-state index contributed by atoms with van der Waals surface area (Å²) in [6.45, 7) is 0. The number of hydrazine groups is 2. The van der Waals surface area contributed by atoms with Crippen LogP contribution in [-0.4, -0.2) is 12.1 Å². The molecule has 9 nitrogen and oxygen atoms in total. The summed E-state index contributed by atoms with van der Waals surface area (Å²) in [5, 5.41) is 1.14. The van der Waals surface area contributed by atoms with E-state index in [1.807, 2.05) is 0 Å². The van der Waals surface area contributed by atoms with Gasteiger partial charge in [0.1, 0.15) is 23.9 Å². The largest absolute Gasteiger partial charge is 0.468 e. The third-order valence-corrected chi connectivity index (χ3v) is 1.62. The number of hydrogen-bond donors (Lipinski definition) is 4. The number of nitrogens with two attached hydrogens (primary N) is 4. The Bertz CT molecular complexity index is 353. The van der Waals surface area contributed by atoms with Gasteiger partial charge in [-0.05, 0) is 0 Å². The zero-order valence-corrected chi connectivity index (χ0v) is 7.58. The van der Waals surface area contributed by atoms with Crippen molar-refractivity contribution in [1.82, 2.24) is 0 Å². The van der Waals surface area contributed by atoms with Crippen LogP contribution in [0.4, 0.5) is 21.0 Å². The number of amides is 4. The van der Waals surface area contributed by atoms with Crippen LogP contribution in [0, 0.1) is 0 Å². The zero-order chi connectivity index (χ0) is 11.6. The maximum atomic E-state index is 10.7. The van der Waals surface area contributed by atoms with E-state index >= 15 is 0 Å². The molecule has 1 heterocycles. The van der Waals surface area contributed by atoms with Crippen LogP contribution >= 0.6 is 0 Å². The third-order valence-electron chi connectivity index (χ3n) is 1.62. The fourth-order valence-corrected chi connectivity index (χ4v) is 0.881. The molecule has 0 atom stereocenters. The number of nitrogens with zero attached hydrogens (tertiary/aromatic N) is 2.